The highest BCUT2D eigenvalue weighted by molar-refractivity contribution is 5.80. The minimum Gasteiger partial charge on any atom is -0.479 e. The van der Waals surface area contributed by atoms with E-state index in [-0.39, 0.29) is 25.5 Å². The predicted octanol–water partition coefficient (Wildman–Crippen LogP) is 2.20. The van der Waals surface area contributed by atoms with E-state index in [4.69, 9.17) is 9.84 Å². The molecule has 0 radical (unpaired) electrons. The number of halogens is 3. The molecule has 1 aromatic rings. The second kappa shape index (κ2) is 7.21. The Morgan fingerprint density at radius 2 is 1.96 bits per heavy atom. The standard InChI is InChI=1S/C16H18F3NO4/c1-10(8-11-2-4-12(5-3-11)16(17,18)19)14(21)20-6-7-24-13(9-20)15(22)23/h2-5,10,13H,6-9H2,1H3,(H,22,23)/t10-,13+/m1/s1. The quantitative estimate of drug-likeness (QED) is 0.908. The summed E-state index contributed by atoms with van der Waals surface area (Å²) in [5.74, 6) is -1.82. The van der Waals surface area contributed by atoms with Crippen LogP contribution < -0.4 is 0 Å². The second-order valence-corrected chi connectivity index (χ2v) is 5.78. The van der Waals surface area contributed by atoms with Gasteiger partial charge in [-0.1, -0.05) is 19.1 Å². The molecule has 0 bridgehead atoms. The van der Waals surface area contributed by atoms with Gasteiger partial charge in [0.15, 0.2) is 6.10 Å². The Kier molecular flexibility index (Phi) is 5.48. The van der Waals surface area contributed by atoms with Crippen LogP contribution in [0.4, 0.5) is 13.2 Å². The fourth-order valence-electron chi connectivity index (χ4n) is 2.58. The zero-order valence-electron chi connectivity index (χ0n) is 13.0. The van der Waals surface area contributed by atoms with Crippen molar-refractivity contribution < 1.29 is 32.6 Å². The van der Waals surface area contributed by atoms with Gasteiger partial charge in [-0.15, -0.1) is 0 Å². The summed E-state index contributed by atoms with van der Waals surface area (Å²) in [7, 11) is 0. The van der Waals surface area contributed by atoms with Crippen molar-refractivity contribution in [3.8, 4) is 0 Å². The lowest BCUT2D eigenvalue weighted by atomic mass is 9.98. The third kappa shape index (κ3) is 4.47. The molecule has 1 aliphatic rings. The Labute approximate surface area is 137 Å². The summed E-state index contributed by atoms with van der Waals surface area (Å²) in [6, 6.07) is 4.68. The zero-order chi connectivity index (χ0) is 17.9. The molecule has 1 amide bonds. The van der Waals surface area contributed by atoms with E-state index < -0.39 is 29.7 Å². The first kappa shape index (κ1) is 18.3. The molecule has 1 aliphatic heterocycles. The van der Waals surface area contributed by atoms with Crippen LogP contribution in [0.2, 0.25) is 0 Å². The van der Waals surface area contributed by atoms with Crippen molar-refractivity contribution in [3.05, 3.63) is 35.4 Å². The number of amides is 1. The highest BCUT2D eigenvalue weighted by atomic mass is 19.4. The molecule has 1 saturated heterocycles. The number of carboxylic acids is 1. The molecular weight excluding hydrogens is 327 g/mol. The number of ether oxygens (including phenoxy) is 1. The van der Waals surface area contributed by atoms with Gasteiger partial charge < -0.3 is 14.7 Å². The maximum Gasteiger partial charge on any atom is 0.416 e. The highest BCUT2D eigenvalue weighted by Gasteiger charge is 2.32. The average molecular weight is 345 g/mol. The van der Waals surface area contributed by atoms with Gasteiger partial charge in [-0.25, -0.2) is 4.79 Å². The van der Waals surface area contributed by atoms with Gasteiger partial charge in [0.2, 0.25) is 5.91 Å². The number of carboxylic acid groups (broad SMARTS) is 1. The van der Waals surface area contributed by atoms with Gasteiger partial charge in [0.05, 0.1) is 18.7 Å². The van der Waals surface area contributed by atoms with Gasteiger partial charge in [-0.05, 0) is 24.1 Å². The van der Waals surface area contributed by atoms with Gasteiger partial charge in [-0.2, -0.15) is 13.2 Å². The second-order valence-electron chi connectivity index (χ2n) is 5.78. The van der Waals surface area contributed by atoms with Crippen molar-refractivity contribution in [1.29, 1.82) is 0 Å². The molecule has 0 saturated carbocycles. The zero-order valence-corrected chi connectivity index (χ0v) is 13.0. The Morgan fingerprint density at radius 3 is 2.50 bits per heavy atom. The highest BCUT2D eigenvalue weighted by Crippen LogP contribution is 2.29. The fraction of sp³-hybridized carbons (Fsp3) is 0.500. The minimum absolute atomic E-state index is 0.0223. The maximum atomic E-state index is 12.5. The third-order valence-corrected chi connectivity index (χ3v) is 3.90. The number of benzene rings is 1. The third-order valence-electron chi connectivity index (χ3n) is 3.90. The Morgan fingerprint density at radius 1 is 1.33 bits per heavy atom. The lowest BCUT2D eigenvalue weighted by Crippen LogP contribution is -2.50. The summed E-state index contributed by atoms with van der Waals surface area (Å²) < 4.78 is 42.7. The minimum atomic E-state index is -4.39. The monoisotopic (exact) mass is 345 g/mol. The molecular formula is C16H18F3NO4. The molecule has 0 spiro atoms. The number of morpholine rings is 1. The number of rotatable bonds is 4. The molecule has 8 heteroatoms. The maximum absolute atomic E-state index is 12.5. The van der Waals surface area contributed by atoms with Crippen molar-refractivity contribution in [2.24, 2.45) is 5.92 Å². The van der Waals surface area contributed by atoms with Gasteiger partial charge in [0.1, 0.15) is 0 Å². The predicted molar refractivity (Wildman–Crippen MR) is 78.3 cm³/mol. The van der Waals surface area contributed by atoms with Gasteiger partial charge in [0.25, 0.3) is 0 Å². The van der Waals surface area contributed by atoms with E-state index in [1.165, 1.54) is 17.0 Å². The summed E-state index contributed by atoms with van der Waals surface area (Å²) in [5, 5.41) is 8.95. The number of hydrogen-bond acceptors (Lipinski definition) is 3. The molecule has 24 heavy (non-hydrogen) atoms. The molecule has 1 heterocycles. The van der Waals surface area contributed by atoms with Crippen LogP contribution in [-0.2, 0) is 26.9 Å². The summed E-state index contributed by atoms with van der Waals surface area (Å²) in [5.41, 5.74) is -0.116. The summed E-state index contributed by atoms with van der Waals surface area (Å²) >= 11 is 0. The number of hydrogen-bond donors (Lipinski definition) is 1. The molecule has 2 atom stereocenters. The molecule has 0 aliphatic carbocycles. The summed E-state index contributed by atoms with van der Waals surface area (Å²) in [6.45, 7) is 2.10. The molecule has 1 fully saturated rings. The first-order valence-corrected chi connectivity index (χ1v) is 7.48. The first-order valence-electron chi connectivity index (χ1n) is 7.48. The van der Waals surface area contributed by atoms with Crippen molar-refractivity contribution in [1.82, 2.24) is 4.90 Å². The van der Waals surface area contributed by atoms with Crippen LogP contribution in [0.15, 0.2) is 24.3 Å². The van der Waals surface area contributed by atoms with Crippen LogP contribution in [0, 0.1) is 5.92 Å². The van der Waals surface area contributed by atoms with E-state index in [9.17, 15) is 22.8 Å². The van der Waals surface area contributed by atoms with Crippen LogP contribution in [0.25, 0.3) is 0 Å². The summed E-state index contributed by atoms with van der Waals surface area (Å²) in [6.07, 6.45) is -5.15. The van der Waals surface area contributed by atoms with E-state index in [0.29, 0.717) is 12.1 Å². The first-order chi connectivity index (χ1) is 11.2. The number of alkyl halides is 3. The Hall–Kier alpha value is -2.09. The molecule has 5 nitrogen and oxygen atoms in total. The Balaban J connectivity index is 1.97. The molecule has 132 valence electrons. The number of carbonyl (C=O) groups is 2. The van der Waals surface area contributed by atoms with E-state index in [1.807, 2.05) is 0 Å². The Bertz CT molecular complexity index is 600. The molecule has 2 rings (SSSR count). The van der Waals surface area contributed by atoms with Crippen LogP contribution in [0.3, 0.4) is 0 Å². The van der Waals surface area contributed by atoms with Gasteiger partial charge in [0, 0.05) is 12.5 Å². The van der Waals surface area contributed by atoms with Crippen molar-refractivity contribution in [3.63, 3.8) is 0 Å². The topological polar surface area (TPSA) is 66.8 Å². The van der Waals surface area contributed by atoms with E-state index >= 15 is 0 Å². The van der Waals surface area contributed by atoms with E-state index in [2.05, 4.69) is 0 Å². The van der Waals surface area contributed by atoms with Crippen molar-refractivity contribution in [2.75, 3.05) is 19.7 Å². The average Bonchev–Trinajstić information content (AvgIpc) is 2.53. The van der Waals surface area contributed by atoms with E-state index in [1.54, 1.807) is 6.92 Å². The largest absolute Gasteiger partial charge is 0.479 e. The lowest BCUT2D eigenvalue weighted by Gasteiger charge is -2.32. The molecule has 1 N–H and O–H groups in total. The van der Waals surface area contributed by atoms with Crippen LogP contribution >= 0.6 is 0 Å². The number of nitrogens with zero attached hydrogens (tertiary/aromatic N) is 1. The van der Waals surface area contributed by atoms with Crippen molar-refractivity contribution in [2.45, 2.75) is 25.6 Å². The molecule has 1 aromatic carbocycles. The molecule has 0 aromatic heterocycles. The van der Waals surface area contributed by atoms with Crippen molar-refractivity contribution >= 4 is 11.9 Å². The number of aliphatic carboxylic acids is 1. The molecule has 0 unspecified atom stereocenters. The van der Waals surface area contributed by atoms with Crippen LogP contribution in [0.5, 0.6) is 0 Å². The number of carbonyl (C=O) groups excluding carboxylic acids is 1. The van der Waals surface area contributed by atoms with E-state index in [0.717, 1.165) is 12.1 Å². The SMILES string of the molecule is C[C@H](Cc1ccc(C(F)(F)F)cc1)C(=O)N1CCO[C@H](C(=O)O)C1. The lowest BCUT2D eigenvalue weighted by molar-refractivity contribution is -0.160. The fourth-order valence-corrected chi connectivity index (χ4v) is 2.58. The smallest absolute Gasteiger partial charge is 0.416 e. The van der Waals surface area contributed by atoms with Gasteiger partial charge >= 0.3 is 12.1 Å². The van der Waals surface area contributed by atoms with Gasteiger partial charge in [-0.3, -0.25) is 4.79 Å². The van der Waals surface area contributed by atoms with Crippen LogP contribution in [-0.4, -0.2) is 47.7 Å². The summed E-state index contributed by atoms with van der Waals surface area (Å²) in [4.78, 5) is 24.8. The normalized spacial score (nSPS) is 19.8. The van der Waals surface area contributed by atoms with Crippen LogP contribution in [0.1, 0.15) is 18.1 Å².